The van der Waals surface area contributed by atoms with Crippen molar-refractivity contribution in [1.29, 1.82) is 5.26 Å². The molecule has 0 saturated carbocycles. The smallest absolute Gasteiger partial charge is 0.261 e. The quantitative estimate of drug-likeness (QED) is 0.674. The second-order valence-electron chi connectivity index (χ2n) is 5.30. The SMILES string of the molecule is N#Cc1cc(O)ccc1OCCCN1C(=O)c2ccccc2C1=O. The van der Waals surface area contributed by atoms with Gasteiger partial charge in [-0.15, -0.1) is 0 Å². The molecule has 1 aliphatic heterocycles. The standard InChI is InChI=1S/C18H14N2O4/c19-11-12-10-13(21)6-7-16(12)24-9-3-8-20-17(22)14-4-1-2-5-15(14)18(20)23/h1-2,4-7,10,21H,3,8-9H2. The van der Waals surface area contributed by atoms with Gasteiger partial charge in [0.15, 0.2) is 0 Å². The van der Waals surface area contributed by atoms with Crippen LogP contribution in [0.15, 0.2) is 42.5 Å². The summed E-state index contributed by atoms with van der Waals surface area (Å²) in [6.07, 6.45) is 0.442. The van der Waals surface area contributed by atoms with Gasteiger partial charge < -0.3 is 9.84 Å². The highest BCUT2D eigenvalue weighted by Crippen LogP contribution is 2.24. The first-order chi connectivity index (χ1) is 11.6. The Hall–Kier alpha value is -3.33. The van der Waals surface area contributed by atoms with E-state index in [0.717, 1.165) is 0 Å². The number of hydrogen-bond acceptors (Lipinski definition) is 5. The molecule has 0 aliphatic carbocycles. The summed E-state index contributed by atoms with van der Waals surface area (Å²) in [7, 11) is 0. The Balaban J connectivity index is 1.58. The Bertz CT molecular complexity index is 819. The number of rotatable bonds is 5. The van der Waals surface area contributed by atoms with Crippen molar-refractivity contribution in [2.75, 3.05) is 13.2 Å². The monoisotopic (exact) mass is 322 g/mol. The number of amides is 2. The number of ether oxygens (including phenoxy) is 1. The Labute approximate surface area is 138 Å². The fourth-order valence-electron chi connectivity index (χ4n) is 2.58. The average molecular weight is 322 g/mol. The largest absolute Gasteiger partial charge is 0.508 e. The number of nitriles is 1. The van der Waals surface area contributed by atoms with E-state index in [-0.39, 0.29) is 36.3 Å². The molecule has 0 fully saturated rings. The van der Waals surface area contributed by atoms with Gasteiger partial charge in [0.05, 0.1) is 23.3 Å². The Morgan fingerprint density at radius 1 is 1.08 bits per heavy atom. The first-order valence-electron chi connectivity index (χ1n) is 7.43. The van der Waals surface area contributed by atoms with E-state index in [1.54, 1.807) is 24.3 Å². The molecule has 1 heterocycles. The number of hydrogen-bond donors (Lipinski definition) is 1. The van der Waals surface area contributed by atoms with Crippen LogP contribution in [0.1, 0.15) is 32.7 Å². The third kappa shape index (κ3) is 2.79. The number of nitrogens with zero attached hydrogens (tertiary/aromatic N) is 2. The summed E-state index contributed by atoms with van der Waals surface area (Å²) >= 11 is 0. The minimum absolute atomic E-state index is 0.00933. The fraction of sp³-hybridized carbons (Fsp3) is 0.167. The Kier molecular flexibility index (Phi) is 4.17. The molecule has 0 radical (unpaired) electrons. The molecule has 0 atom stereocenters. The van der Waals surface area contributed by atoms with Crippen LogP contribution in [0.5, 0.6) is 11.5 Å². The van der Waals surface area contributed by atoms with E-state index < -0.39 is 0 Å². The lowest BCUT2D eigenvalue weighted by atomic mass is 10.1. The van der Waals surface area contributed by atoms with Gasteiger partial charge in [0.1, 0.15) is 17.6 Å². The van der Waals surface area contributed by atoms with Crippen molar-refractivity contribution in [1.82, 2.24) is 4.90 Å². The van der Waals surface area contributed by atoms with Gasteiger partial charge in [-0.3, -0.25) is 14.5 Å². The van der Waals surface area contributed by atoms with Crippen LogP contribution in [0.25, 0.3) is 0 Å². The summed E-state index contributed by atoms with van der Waals surface area (Å²) < 4.78 is 5.51. The van der Waals surface area contributed by atoms with E-state index in [0.29, 0.717) is 23.3 Å². The molecule has 0 saturated heterocycles. The topological polar surface area (TPSA) is 90.6 Å². The third-order valence-corrected chi connectivity index (χ3v) is 3.75. The number of benzene rings is 2. The van der Waals surface area contributed by atoms with Crippen molar-refractivity contribution in [3.63, 3.8) is 0 Å². The predicted molar refractivity (Wildman–Crippen MR) is 84.7 cm³/mol. The molecule has 6 nitrogen and oxygen atoms in total. The number of phenols is 1. The van der Waals surface area contributed by atoms with Crippen LogP contribution < -0.4 is 4.74 Å². The van der Waals surface area contributed by atoms with Crippen LogP contribution in [0.3, 0.4) is 0 Å². The van der Waals surface area contributed by atoms with Crippen molar-refractivity contribution >= 4 is 11.8 Å². The minimum Gasteiger partial charge on any atom is -0.508 e. The molecule has 0 bridgehead atoms. The molecule has 1 N–H and O–H groups in total. The van der Waals surface area contributed by atoms with E-state index in [1.807, 2.05) is 6.07 Å². The molecule has 6 heteroatoms. The number of imide groups is 1. The molecule has 24 heavy (non-hydrogen) atoms. The summed E-state index contributed by atoms with van der Waals surface area (Å²) in [6.45, 7) is 0.485. The summed E-state index contributed by atoms with van der Waals surface area (Å²) in [5.41, 5.74) is 1.08. The van der Waals surface area contributed by atoms with E-state index >= 15 is 0 Å². The van der Waals surface area contributed by atoms with E-state index in [2.05, 4.69) is 0 Å². The fourth-order valence-corrected chi connectivity index (χ4v) is 2.58. The van der Waals surface area contributed by atoms with Crippen molar-refractivity contribution in [3.8, 4) is 17.6 Å². The molecule has 0 spiro atoms. The normalized spacial score (nSPS) is 12.9. The minimum atomic E-state index is -0.294. The highest BCUT2D eigenvalue weighted by Gasteiger charge is 2.34. The first kappa shape index (κ1) is 15.6. The molecule has 120 valence electrons. The highest BCUT2D eigenvalue weighted by molar-refractivity contribution is 6.21. The van der Waals surface area contributed by atoms with E-state index in [1.165, 1.54) is 23.1 Å². The number of carbonyl (C=O) groups excluding carboxylic acids is 2. The van der Waals surface area contributed by atoms with Gasteiger partial charge in [-0.25, -0.2) is 0 Å². The summed E-state index contributed by atoms with van der Waals surface area (Å²) in [4.78, 5) is 25.6. The lowest BCUT2D eigenvalue weighted by Gasteiger charge is -2.14. The molecule has 2 aromatic rings. The summed E-state index contributed by atoms with van der Waals surface area (Å²) in [6, 6.07) is 12.9. The number of aromatic hydroxyl groups is 1. The van der Waals surface area contributed by atoms with Crippen LogP contribution >= 0.6 is 0 Å². The average Bonchev–Trinajstić information content (AvgIpc) is 2.84. The molecule has 2 amide bonds. The Morgan fingerprint density at radius 2 is 1.75 bits per heavy atom. The van der Waals surface area contributed by atoms with E-state index in [9.17, 15) is 14.7 Å². The highest BCUT2D eigenvalue weighted by atomic mass is 16.5. The van der Waals surface area contributed by atoms with Crippen molar-refractivity contribution < 1.29 is 19.4 Å². The van der Waals surface area contributed by atoms with Gasteiger partial charge in [0, 0.05) is 12.6 Å². The van der Waals surface area contributed by atoms with Gasteiger partial charge in [-0.1, -0.05) is 12.1 Å². The molecule has 2 aromatic carbocycles. The second-order valence-corrected chi connectivity index (χ2v) is 5.30. The maximum atomic E-state index is 12.2. The van der Waals surface area contributed by atoms with Crippen LogP contribution in [-0.4, -0.2) is 35.0 Å². The summed E-state index contributed by atoms with van der Waals surface area (Å²) in [5.74, 6) is -0.238. The zero-order chi connectivity index (χ0) is 17.1. The number of phenolic OH excluding ortho intramolecular Hbond substituents is 1. The van der Waals surface area contributed by atoms with Crippen molar-refractivity contribution in [2.24, 2.45) is 0 Å². The van der Waals surface area contributed by atoms with Crippen LogP contribution in [0, 0.1) is 11.3 Å². The van der Waals surface area contributed by atoms with Gasteiger partial charge in [0.25, 0.3) is 11.8 Å². The zero-order valence-corrected chi connectivity index (χ0v) is 12.7. The van der Waals surface area contributed by atoms with Crippen LogP contribution in [-0.2, 0) is 0 Å². The summed E-state index contributed by atoms with van der Waals surface area (Å²) in [5, 5.41) is 18.3. The molecular weight excluding hydrogens is 308 g/mol. The van der Waals surface area contributed by atoms with Crippen molar-refractivity contribution in [2.45, 2.75) is 6.42 Å². The lowest BCUT2D eigenvalue weighted by Crippen LogP contribution is -2.31. The van der Waals surface area contributed by atoms with Crippen LogP contribution in [0.4, 0.5) is 0 Å². The zero-order valence-electron chi connectivity index (χ0n) is 12.7. The number of fused-ring (bicyclic) bond motifs is 1. The molecule has 0 aromatic heterocycles. The first-order valence-corrected chi connectivity index (χ1v) is 7.43. The lowest BCUT2D eigenvalue weighted by molar-refractivity contribution is 0.0646. The second kappa shape index (κ2) is 6.42. The Morgan fingerprint density at radius 3 is 2.38 bits per heavy atom. The van der Waals surface area contributed by atoms with Gasteiger partial charge in [-0.05, 0) is 30.7 Å². The third-order valence-electron chi connectivity index (χ3n) is 3.75. The van der Waals surface area contributed by atoms with E-state index in [4.69, 9.17) is 10.00 Å². The van der Waals surface area contributed by atoms with Crippen molar-refractivity contribution in [3.05, 3.63) is 59.2 Å². The predicted octanol–water partition coefficient (Wildman–Crippen LogP) is 2.33. The van der Waals surface area contributed by atoms with Gasteiger partial charge in [-0.2, -0.15) is 5.26 Å². The molecular formula is C18H14N2O4. The molecule has 0 unspecified atom stereocenters. The molecule has 1 aliphatic rings. The van der Waals surface area contributed by atoms with Gasteiger partial charge >= 0.3 is 0 Å². The molecule has 3 rings (SSSR count). The number of carbonyl (C=O) groups is 2. The maximum absolute atomic E-state index is 12.2. The van der Waals surface area contributed by atoms with Crippen LogP contribution in [0.2, 0.25) is 0 Å². The maximum Gasteiger partial charge on any atom is 0.261 e. The van der Waals surface area contributed by atoms with Gasteiger partial charge in [0.2, 0.25) is 0 Å².